The number of nitrogens with one attached hydrogen (secondary N) is 1. The summed E-state index contributed by atoms with van der Waals surface area (Å²) in [7, 11) is 5.96. The van der Waals surface area contributed by atoms with E-state index in [2.05, 4.69) is 19.4 Å². The second-order valence-electron chi connectivity index (χ2n) is 2.70. The highest BCUT2D eigenvalue weighted by atomic mass is 15.7. The van der Waals surface area contributed by atoms with E-state index in [1.807, 2.05) is 31.2 Å². The van der Waals surface area contributed by atoms with Gasteiger partial charge in [0.25, 0.3) is 0 Å². The van der Waals surface area contributed by atoms with Crippen LogP contribution in [0.4, 0.5) is 0 Å². The van der Waals surface area contributed by atoms with E-state index in [9.17, 15) is 0 Å². The molecule has 0 aromatic rings. The highest BCUT2D eigenvalue weighted by molar-refractivity contribution is 4.47. The molecule has 0 saturated heterocycles. The molecule has 3 heteroatoms. The first kappa shape index (κ1) is 8.88. The van der Waals surface area contributed by atoms with Gasteiger partial charge in [-0.3, -0.25) is 0 Å². The molecule has 0 rings (SSSR count). The highest BCUT2D eigenvalue weighted by Crippen LogP contribution is 1.86. The largest absolute Gasteiger partial charge is 0.237 e. The van der Waals surface area contributed by atoms with E-state index in [4.69, 9.17) is 0 Å². The van der Waals surface area contributed by atoms with Gasteiger partial charge in [0.1, 0.15) is 0 Å². The zero-order valence-corrected chi connectivity index (χ0v) is 6.97. The minimum Gasteiger partial charge on any atom is -0.237 e. The lowest BCUT2D eigenvalue weighted by Gasteiger charge is -2.25. The Balaban J connectivity index is 3.38. The molecular weight excluding hydrogens is 114 g/mol. The van der Waals surface area contributed by atoms with Gasteiger partial charge in [0.2, 0.25) is 0 Å². The maximum absolute atomic E-state index is 3.11. The fourth-order valence-corrected chi connectivity index (χ4v) is 0.431. The van der Waals surface area contributed by atoms with Crippen molar-refractivity contribution in [3.8, 4) is 0 Å². The molecule has 56 valence electrons. The minimum atomic E-state index is 0.535. The van der Waals surface area contributed by atoms with Crippen LogP contribution < -0.4 is 5.53 Å². The van der Waals surface area contributed by atoms with Crippen LogP contribution >= 0.6 is 0 Å². The molecule has 0 unspecified atom stereocenters. The molecule has 0 aliphatic heterocycles. The summed E-state index contributed by atoms with van der Waals surface area (Å²) in [6.07, 6.45) is 0. The van der Waals surface area contributed by atoms with Crippen LogP contribution in [0.25, 0.3) is 0 Å². The Morgan fingerprint density at radius 1 is 1.11 bits per heavy atom. The van der Waals surface area contributed by atoms with Gasteiger partial charge in [-0.2, -0.15) is 5.53 Å². The van der Waals surface area contributed by atoms with E-state index in [-0.39, 0.29) is 0 Å². The minimum absolute atomic E-state index is 0.535. The lowest BCUT2D eigenvalue weighted by molar-refractivity contribution is 0.0600. The van der Waals surface area contributed by atoms with E-state index in [1.165, 1.54) is 0 Å². The predicted molar refractivity (Wildman–Crippen MR) is 39.7 cm³/mol. The van der Waals surface area contributed by atoms with Crippen molar-refractivity contribution in [3.05, 3.63) is 0 Å². The molecule has 0 aliphatic rings. The van der Waals surface area contributed by atoms with Crippen molar-refractivity contribution in [1.29, 1.82) is 0 Å². The van der Waals surface area contributed by atoms with Crippen LogP contribution in [0, 0.1) is 0 Å². The van der Waals surface area contributed by atoms with Crippen LogP contribution in [0.2, 0.25) is 0 Å². The van der Waals surface area contributed by atoms with Gasteiger partial charge in [-0.15, -0.1) is 0 Å². The van der Waals surface area contributed by atoms with E-state index < -0.39 is 0 Å². The maximum Gasteiger partial charge on any atom is 0.0197 e. The Morgan fingerprint density at radius 2 is 1.56 bits per heavy atom. The van der Waals surface area contributed by atoms with E-state index in [0.29, 0.717) is 6.04 Å². The lowest BCUT2D eigenvalue weighted by atomic mass is 10.4. The third-order valence-electron chi connectivity index (χ3n) is 1.13. The second kappa shape index (κ2) is 3.82. The molecule has 0 radical (unpaired) electrons. The molecule has 1 N–H and O–H groups in total. The van der Waals surface area contributed by atoms with Crippen LogP contribution in [0.3, 0.4) is 0 Å². The van der Waals surface area contributed by atoms with E-state index >= 15 is 0 Å². The Hall–Kier alpha value is -0.120. The van der Waals surface area contributed by atoms with Crippen LogP contribution in [-0.2, 0) is 0 Å². The van der Waals surface area contributed by atoms with Gasteiger partial charge in [0.05, 0.1) is 0 Å². The Bertz CT molecular complexity index is 70.7. The molecule has 9 heavy (non-hydrogen) atoms. The number of rotatable bonds is 3. The Morgan fingerprint density at radius 3 is 1.67 bits per heavy atom. The third kappa shape index (κ3) is 4.39. The SMILES string of the molecule is CC(C)N(C)NN(C)C. The first-order valence-electron chi connectivity index (χ1n) is 3.20. The molecular formula is C6H17N3. The lowest BCUT2D eigenvalue weighted by Crippen LogP contribution is -2.46. The van der Waals surface area contributed by atoms with Crippen molar-refractivity contribution < 1.29 is 0 Å². The fraction of sp³-hybridized carbons (Fsp3) is 1.00. The quantitative estimate of drug-likeness (QED) is 0.556. The van der Waals surface area contributed by atoms with Gasteiger partial charge in [-0.25, -0.2) is 10.0 Å². The van der Waals surface area contributed by atoms with Gasteiger partial charge < -0.3 is 0 Å². The summed E-state index contributed by atoms with van der Waals surface area (Å²) in [4.78, 5) is 0. The molecule has 0 bridgehead atoms. The summed E-state index contributed by atoms with van der Waals surface area (Å²) >= 11 is 0. The predicted octanol–water partition coefficient (Wildman–Crippen LogP) is 0.308. The molecule has 3 nitrogen and oxygen atoms in total. The maximum atomic E-state index is 3.11. The average Bonchev–Trinajstić information content (AvgIpc) is 1.63. The topological polar surface area (TPSA) is 18.5 Å². The first-order valence-corrected chi connectivity index (χ1v) is 3.20. The molecule has 0 saturated carbocycles. The van der Waals surface area contributed by atoms with E-state index in [0.717, 1.165) is 0 Å². The molecule has 0 heterocycles. The van der Waals surface area contributed by atoms with Crippen LogP contribution in [0.1, 0.15) is 13.8 Å². The van der Waals surface area contributed by atoms with Crippen LogP contribution in [0.5, 0.6) is 0 Å². The van der Waals surface area contributed by atoms with Crippen molar-refractivity contribution in [3.63, 3.8) is 0 Å². The third-order valence-corrected chi connectivity index (χ3v) is 1.13. The Kier molecular flexibility index (Phi) is 3.77. The summed E-state index contributed by atoms with van der Waals surface area (Å²) in [5, 5.41) is 3.96. The van der Waals surface area contributed by atoms with Gasteiger partial charge in [0.15, 0.2) is 0 Å². The molecule has 0 aromatic heterocycles. The van der Waals surface area contributed by atoms with Gasteiger partial charge in [0, 0.05) is 27.2 Å². The second-order valence-corrected chi connectivity index (χ2v) is 2.70. The summed E-state index contributed by atoms with van der Waals surface area (Å²) < 4.78 is 0. The smallest absolute Gasteiger partial charge is 0.0197 e. The molecule has 0 atom stereocenters. The molecule has 0 spiro atoms. The summed E-state index contributed by atoms with van der Waals surface area (Å²) in [6.45, 7) is 4.27. The Labute approximate surface area is 57.6 Å². The summed E-state index contributed by atoms with van der Waals surface area (Å²) in [5.41, 5.74) is 3.11. The fourth-order valence-electron chi connectivity index (χ4n) is 0.431. The monoisotopic (exact) mass is 131 g/mol. The zero-order chi connectivity index (χ0) is 7.44. The summed E-state index contributed by atoms with van der Waals surface area (Å²) in [5.74, 6) is 0. The molecule has 0 aliphatic carbocycles. The van der Waals surface area contributed by atoms with Crippen molar-refractivity contribution in [1.82, 2.24) is 15.6 Å². The number of hydrogen-bond acceptors (Lipinski definition) is 3. The number of hydrazine groups is 2. The molecule has 0 amide bonds. The number of hydrogen-bond donors (Lipinski definition) is 1. The zero-order valence-electron chi connectivity index (χ0n) is 6.97. The van der Waals surface area contributed by atoms with Crippen LogP contribution in [0.15, 0.2) is 0 Å². The van der Waals surface area contributed by atoms with Gasteiger partial charge in [-0.1, -0.05) is 0 Å². The standard InChI is InChI=1S/C6H17N3/c1-6(2)9(5)7-8(3)4/h6-7H,1-5H3. The molecule has 0 fully saturated rings. The first-order chi connectivity index (χ1) is 4.04. The van der Waals surface area contributed by atoms with Crippen molar-refractivity contribution >= 4 is 0 Å². The van der Waals surface area contributed by atoms with Crippen molar-refractivity contribution in [2.24, 2.45) is 0 Å². The average molecular weight is 131 g/mol. The molecule has 0 aromatic carbocycles. The van der Waals surface area contributed by atoms with Gasteiger partial charge >= 0.3 is 0 Å². The van der Waals surface area contributed by atoms with E-state index in [1.54, 1.807) is 0 Å². The van der Waals surface area contributed by atoms with Crippen LogP contribution in [-0.4, -0.2) is 37.2 Å². The number of nitrogens with zero attached hydrogens (tertiary/aromatic N) is 2. The van der Waals surface area contributed by atoms with Gasteiger partial charge in [-0.05, 0) is 13.8 Å². The summed E-state index contributed by atoms with van der Waals surface area (Å²) in [6, 6.07) is 0.535. The van der Waals surface area contributed by atoms with Crippen molar-refractivity contribution in [2.45, 2.75) is 19.9 Å². The highest BCUT2D eigenvalue weighted by Gasteiger charge is 2.00. The van der Waals surface area contributed by atoms with Crippen molar-refractivity contribution in [2.75, 3.05) is 21.1 Å². The normalized spacial score (nSPS) is 12.0.